The largest absolute Gasteiger partial charge is 0.450 e. The fourth-order valence-electron chi connectivity index (χ4n) is 1.94. The van der Waals surface area contributed by atoms with Crippen LogP contribution >= 0.6 is 0 Å². The van der Waals surface area contributed by atoms with E-state index in [1.807, 2.05) is 45.0 Å². The van der Waals surface area contributed by atoms with Crippen LogP contribution in [0.2, 0.25) is 0 Å². The Morgan fingerprint density at radius 2 is 1.76 bits per heavy atom. The maximum Gasteiger partial charge on any atom is 0.410 e. The van der Waals surface area contributed by atoms with Gasteiger partial charge < -0.3 is 29.9 Å². The third-order valence-electron chi connectivity index (χ3n) is 4.02. The summed E-state index contributed by atoms with van der Waals surface area (Å²) >= 11 is 0. The first-order valence-corrected chi connectivity index (χ1v) is 9.76. The number of carbonyl (C=O) groups is 2. The summed E-state index contributed by atoms with van der Waals surface area (Å²) in [5, 5.41) is 18.7. The van der Waals surface area contributed by atoms with Crippen molar-refractivity contribution in [2.45, 2.75) is 65.8 Å². The number of rotatable bonds is 8. The molecular weight excluding hydrogens is 376 g/mol. The maximum absolute atomic E-state index is 12.2. The van der Waals surface area contributed by atoms with Gasteiger partial charge in [-0.3, -0.25) is 0 Å². The van der Waals surface area contributed by atoms with Gasteiger partial charge in [0.15, 0.2) is 0 Å². The minimum absolute atomic E-state index is 0.139. The lowest BCUT2D eigenvalue weighted by Gasteiger charge is -2.27. The number of aliphatic hydroxyl groups is 2. The van der Waals surface area contributed by atoms with E-state index in [-0.39, 0.29) is 12.7 Å². The lowest BCUT2D eigenvalue weighted by Crippen LogP contribution is -2.35. The summed E-state index contributed by atoms with van der Waals surface area (Å²) in [4.78, 5) is 25.2. The molecule has 166 valence electrons. The Balaban J connectivity index is 0.00000139. The molecule has 1 unspecified atom stereocenters. The Kier molecular flexibility index (Phi) is 12.7. The summed E-state index contributed by atoms with van der Waals surface area (Å²) in [6.45, 7) is 9.97. The highest BCUT2D eigenvalue weighted by atomic mass is 16.6. The Morgan fingerprint density at radius 1 is 1.21 bits per heavy atom. The zero-order chi connectivity index (χ0) is 22.4. The second-order valence-corrected chi connectivity index (χ2v) is 7.21. The van der Waals surface area contributed by atoms with Gasteiger partial charge in [-0.15, -0.1) is 0 Å². The van der Waals surface area contributed by atoms with E-state index >= 15 is 0 Å². The molecule has 0 spiro atoms. The molecule has 1 aromatic rings. The molecule has 0 aliphatic rings. The molecule has 3 N–H and O–H groups in total. The second kappa shape index (κ2) is 13.8. The molecule has 0 bridgehead atoms. The molecule has 0 aliphatic carbocycles. The van der Waals surface area contributed by atoms with E-state index in [4.69, 9.17) is 19.7 Å². The summed E-state index contributed by atoms with van der Waals surface area (Å²) in [7, 11) is 1.70. The van der Waals surface area contributed by atoms with E-state index in [2.05, 4.69) is 5.32 Å². The van der Waals surface area contributed by atoms with Crippen LogP contribution in [0.4, 0.5) is 9.59 Å². The van der Waals surface area contributed by atoms with E-state index in [0.717, 1.165) is 17.5 Å². The minimum atomic E-state index is -0.560. The van der Waals surface area contributed by atoms with Crippen molar-refractivity contribution in [3.05, 3.63) is 35.4 Å². The highest BCUT2D eigenvalue weighted by Crippen LogP contribution is 2.17. The summed E-state index contributed by atoms with van der Waals surface area (Å²) < 4.78 is 10.3. The zero-order valence-electron chi connectivity index (χ0n) is 18.4. The van der Waals surface area contributed by atoms with Crippen molar-refractivity contribution in [2.75, 3.05) is 20.3 Å². The third-order valence-corrected chi connectivity index (χ3v) is 4.02. The van der Waals surface area contributed by atoms with Crippen molar-refractivity contribution in [2.24, 2.45) is 0 Å². The SMILES string of the molecule is CC(O)CO.CCOC(=O)NCc1ccccc1CN(C)C(=O)OC(C)(C)CC. The lowest BCUT2D eigenvalue weighted by atomic mass is 10.1. The molecular formula is C21H36N2O6. The first-order valence-electron chi connectivity index (χ1n) is 9.76. The molecule has 0 saturated heterocycles. The summed E-state index contributed by atoms with van der Waals surface area (Å²) in [6, 6.07) is 7.64. The predicted molar refractivity (Wildman–Crippen MR) is 111 cm³/mol. The zero-order valence-corrected chi connectivity index (χ0v) is 18.4. The van der Waals surface area contributed by atoms with Crippen LogP contribution in [0.25, 0.3) is 0 Å². The molecule has 1 atom stereocenters. The van der Waals surface area contributed by atoms with Crippen LogP contribution < -0.4 is 5.32 Å². The van der Waals surface area contributed by atoms with Crippen molar-refractivity contribution < 1.29 is 29.3 Å². The molecule has 1 rings (SSSR count). The Morgan fingerprint density at radius 3 is 2.24 bits per heavy atom. The molecule has 0 aliphatic heterocycles. The number of amides is 2. The molecule has 8 nitrogen and oxygen atoms in total. The fourth-order valence-corrected chi connectivity index (χ4v) is 1.94. The lowest BCUT2D eigenvalue weighted by molar-refractivity contribution is 0.0144. The van der Waals surface area contributed by atoms with E-state index in [1.165, 1.54) is 11.8 Å². The van der Waals surface area contributed by atoms with Crippen molar-refractivity contribution in [1.82, 2.24) is 10.2 Å². The number of aliphatic hydroxyl groups excluding tert-OH is 2. The van der Waals surface area contributed by atoms with E-state index in [9.17, 15) is 9.59 Å². The Hall–Kier alpha value is -2.32. The monoisotopic (exact) mass is 412 g/mol. The molecule has 0 heterocycles. The molecule has 2 amide bonds. The molecule has 0 radical (unpaired) electrons. The normalized spacial score (nSPS) is 11.6. The minimum Gasteiger partial charge on any atom is -0.450 e. The summed E-state index contributed by atoms with van der Waals surface area (Å²) in [6.07, 6.45) is -0.637. The quantitative estimate of drug-likeness (QED) is 0.606. The standard InChI is InChI=1S/C18H28N2O4.C3H8O2/c1-6-18(3,4)24-17(22)20(5)13-15-11-9-8-10-14(15)12-19-16(21)23-7-2;1-3(5)2-4/h8-11H,6-7,12-13H2,1-5H3,(H,19,21);3-5H,2H2,1H3. The Bertz CT molecular complexity index is 619. The number of ether oxygens (including phenoxy) is 2. The van der Waals surface area contributed by atoms with Crippen molar-refractivity contribution >= 4 is 12.2 Å². The van der Waals surface area contributed by atoms with Gasteiger partial charge in [-0.2, -0.15) is 0 Å². The summed E-state index contributed by atoms with van der Waals surface area (Å²) in [5.74, 6) is 0. The second-order valence-electron chi connectivity index (χ2n) is 7.21. The first-order chi connectivity index (χ1) is 13.6. The number of benzene rings is 1. The van der Waals surface area contributed by atoms with Crippen molar-refractivity contribution in [3.63, 3.8) is 0 Å². The smallest absolute Gasteiger partial charge is 0.410 e. The highest BCUT2D eigenvalue weighted by molar-refractivity contribution is 5.68. The summed E-state index contributed by atoms with van der Waals surface area (Å²) in [5.41, 5.74) is 1.39. The fraction of sp³-hybridized carbons (Fsp3) is 0.619. The topological polar surface area (TPSA) is 108 Å². The van der Waals surface area contributed by atoms with Crippen LogP contribution in [0.15, 0.2) is 24.3 Å². The third kappa shape index (κ3) is 12.0. The number of alkyl carbamates (subject to hydrolysis) is 1. The first kappa shape index (κ1) is 26.7. The van der Waals surface area contributed by atoms with E-state index < -0.39 is 17.8 Å². The van der Waals surface area contributed by atoms with Crippen molar-refractivity contribution in [3.8, 4) is 0 Å². The Labute approximate surface area is 173 Å². The van der Waals surface area contributed by atoms with Gasteiger partial charge in [0.2, 0.25) is 0 Å². The van der Waals surface area contributed by atoms with Gasteiger partial charge in [0, 0.05) is 20.1 Å². The molecule has 29 heavy (non-hydrogen) atoms. The van der Waals surface area contributed by atoms with Gasteiger partial charge in [-0.05, 0) is 45.2 Å². The van der Waals surface area contributed by atoms with Crippen molar-refractivity contribution in [1.29, 1.82) is 0 Å². The van der Waals surface area contributed by atoms with E-state index in [1.54, 1.807) is 14.0 Å². The molecule has 0 aromatic heterocycles. The van der Waals surface area contributed by atoms with Gasteiger partial charge in [0.1, 0.15) is 5.60 Å². The number of nitrogens with zero attached hydrogens (tertiary/aromatic N) is 1. The predicted octanol–water partition coefficient (Wildman–Crippen LogP) is 3.05. The van der Waals surface area contributed by atoms with E-state index in [0.29, 0.717) is 19.7 Å². The van der Waals surface area contributed by atoms with Gasteiger partial charge in [0.05, 0.1) is 19.3 Å². The average molecular weight is 413 g/mol. The molecule has 0 saturated carbocycles. The number of hydrogen-bond donors (Lipinski definition) is 3. The molecule has 0 fully saturated rings. The maximum atomic E-state index is 12.2. The highest BCUT2D eigenvalue weighted by Gasteiger charge is 2.23. The number of carbonyl (C=O) groups excluding carboxylic acids is 2. The van der Waals surface area contributed by atoms with Crippen LogP contribution in [0.5, 0.6) is 0 Å². The van der Waals surface area contributed by atoms with Crippen LogP contribution in [-0.2, 0) is 22.6 Å². The van der Waals surface area contributed by atoms with Crippen LogP contribution in [0.3, 0.4) is 0 Å². The van der Waals surface area contributed by atoms with Crippen LogP contribution in [-0.4, -0.2) is 59.3 Å². The van der Waals surface area contributed by atoms with Gasteiger partial charge in [0.25, 0.3) is 0 Å². The van der Waals surface area contributed by atoms with Gasteiger partial charge >= 0.3 is 12.2 Å². The number of nitrogens with one attached hydrogen (secondary N) is 1. The molecule has 1 aromatic carbocycles. The number of hydrogen-bond acceptors (Lipinski definition) is 6. The average Bonchev–Trinajstić information content (AvgIpc) is 2.67. The van der Waals surface area contributed by atoms with Crippen LogP contribution in [0, 0.1) is 0 Å². The van der Waals surface area contributed by atoms with Gasteiger partial charge in [-0.25, -0.2) is 9.59 Å². The molecule has 8 heteroatoms. The van der Waals surface area contributed by atoms with Gasteiger partial charge in [-0.1, -0.05) is 31.2 Å². The van der Waals surface area contributed by atoms with Crippen LogP contribution in [0.1, 0.15) is 52.2 Å².